The Morgan fingerprint density at radius 1 is 1.11 bits per heavy atom. The average molecular weight is 298 g/mol. The van der Waals surface area contributed by atoms with E-state index in [0.717, 1.165) is 0 Å². The first-order valence-corrected chi connectivity index (χ1v) is 10.6. The van der Waals surface area contributed by atoms with Crippen molar-refractivity contribution in [3.05, 3.63) is 0 Å². The van der Waals surface area contributed by atoms with Gasteiger partial charge in [-0.25, -0.2) is 0 Å². The van der Waals surface area contributed by atoms with Crippen molar-refractivity contribution < 1.29 is 22.1 Å². The lowest BCUT2D eigenvalue weighted by atomic mass is 10.2. The molecule has 0 aromatic heterocycles. The lowest BCUT2D eigenvalue weighted by molar-refractivity contribution is 0.0960. The van der Waals surface area contributed by atoms with Crippen molar-refractivity contribution in [1.29, 1.82) is 0 Å². The van der Waals surface area contributed by atoms with Crippen molar-refractivity contribution >= 4 is 18.4 Å². The van der Waals surface area contributed by atoms with Gasteiger partial charge in [0.2, 0.25) is 0 Å². The smallest absolute Gasteiger partial charge is 0.264 e. The summed E-state index contributed by atoms with van der Waals surface area (Å²) in [5.74, 6) is -0.254. The molecule has 0 saturated carbocycles. The van der Waals surface area contributed by atoms with Crippen LogP contribution in [0, 0.1) is 0 Å². The van der Waals surface area contributed by atoms with Crippen molar-refractivity contribution in [1.82, 2.24) is 0 Å². The van der Waals surface area contributed by atoms with E-state index < -0.39 is 18.4 Å². The van der Waals surface area contributed by atoms with Crippen molar-refractivity contribution in [2.45, 2.75) is 45.3 Å². The summed E-state index contributed by atoms with van der Waals surface area (Å²) in [6.07, 6.45) is 0.304. The number of ether oxygens (including phenoxy) is 1. The molecule has 0 fully saturated rings. The number of hydrogen-bond acceptors (Lipinski definition) is 4. The topological polar surface area (TPSA) is 72.8 Å². The van der Waals surface area contributed by atoms with Crippen LogP contribution in [0.4, 0.5) is 0 Å². The third-order valence-electron chi connectivity index (χ3n) is 3.19. The molecule has 0 radical (unpaired) electrons. The van der Waals surface area contributed by atoms with Gasteiger partial charge in [0, 0.05) is 6.61 Å². The Hall–Kier alpha value is 0.0469. The predicted molar refractivity (Wildman–Crippen MR) is 75.0 cm³/mol. The molecule has 0 rings (SSSR count). The second-order valence-electron chi connectivity index (χ2n) is 5.86. The Morgan fingerprint density at radius 2 is 1.67 bits per heavy atom. The summed E-state index contributed by atoms with van der Waals surface area (Å²) in [5, 5.41) is 0.179. The van der Waals surface area contributed by atoms with Crippen LogP contribution in [0.5, 0.6) is 0 Å². The maximum Gasteiger partial charge on any atom is 0.264 e. The average Bonchev–Trinajstić information content (AvgIpc) is 2.12. The van der Waals surface area contributed by atoms with E-state index in [1.165, 1.54) is 0 Å². The molecule has 0 saturated heterocycles. The van der Waals surface area contributed by atoms with Gasteiger partial charge >= 0.3 is 0 Å². The molecule has 0 spiro atoms. The molecule has 1 N–H and O–H groups in total. The highest BCUT2D eigenvalue weighted by molar-refractivity contribution is 7.85. The molecular weight excluding hydrogens is 272 g/mol. The molecule has 0 amide bonds. The molecule has 110 valence electrons. The zero-order chi connectivity index (χ0) is 14.4. The van der Waals surface area contributed by atoms with Gasteiger partial charge in [-0.05, 0) is 24.6 Å². The van der Waals surface area contributed by atoms with E-state index in [1.54, 1.807) is 0 Å². The second kappa shape index (κ2) is 7.00. The molecule has 5 nitrogen and oxygen atoms in total. The molecule has 0 bridgehead atoms. The summed E-state index contributed by atoms with van der Waals surface area (Å²) in [6.45, 7) is 12.2. The van der Waals surface area contributed by atoms with Crippen LogP contribution in [0.15, 0.2) is 0 Å². The summed E-state index contributed by atoms with van der Waals surface area (Å²) in [6, 6.07) is 0. The fourth-order valence-corrected chi connectivity index (χ4v) is 2.53. The van der Waals surface area contributed by atoms with E-state index >= 15 is 0 Å². The van der Waals surface area contributed by atoms with Gasteiger partial charge in [-0.15, -0.1) is 0 Å². The molecule has 0 aromatic rings. The molecule has 0 aliphatic heterocycles. The van der Waals surface area contributed by atoms with Gasteiger partial charge in [0.05, 0.1) is 19.0 Å². The Morgan fingerprint density at radius 3 is 2.11 bits per heavy atom. The summed E-state index contributed by atoms with van der Waals surface area (Å²) in [7, 11) is -5.58. The van der Waals surface area contributed by atoms with Crippen molar-refractivity contribution in [3.63, 3.8) is 0 Å². The third-order valence-corrected chi connectivity index (χ3v) is 8.53. The highest BCUT2D eigenvalue weighted by Gasteiger charge is 2.36. The first kappa shape index (κ1) is 18.0. The molecule has 18 heavy (non-hydrogen) atoms. The maximum atomic E-state index is 10.4. The molecule has 0 aliphatic rings. The third kappa shape index (κ3) is 8.20. The standard InChI is InChI=1S/C11H26O5SSi/c1-11(2,3)18(4,5)16-9-8-15-7-6-10-17(12,13)14/h6-10H2,1-5H3,(H,12,13,14). The van der Waals surface area contributed by atoms with Gasteiger partial charge in [0.15, 0.2) is 8.32 Å². The van der Waals surface area contributed by atoms with Crippen molar-refractivity contribution in [2.75, 3.05) is 25.6 Å². The first-order chi connectivity index (χ1) is 7.96. The first-order valence-electron chi connectivity index (χ1n) is 6.12. The van der Waals surface area contributed by atoms with Crippen LogP contribution in [0.25, 0.3) is 0 Å². The fraction of sp³-hybridized carbons (Fsp3) is 1.00. The Balaban J connectivity index is 3.64. The number of hydrogen-bond donors (Lipinski definition) is 1. The van der Waals surface area contributed by atoms with Gasteiger partial charge in [-0.1, -0.05) is 20.8 Å². The van der Waals surface area contributed by atoms with Crippen LogP contribution in [0.2, 0.25) is 18.1 Å². The van der Waals surface area contributed by atoms with Crippen LogP contribution in [0.3, 0.4) is 0 Å². The molecule has 0 atom stereocenters. The largest absolute Gasteiger partial charge is 0.414 e. The van der Waals surface area contributed by atoms with Gasteiger partial charge < -0.3 is 9.16 Å². The normalized spacial score (nSPS) is 13.9. The zero-order valence-corrected chi connectivity index (χ0v) is 13.8. The summed E-state index contributed by atoms with van der Waals surface area (Å²) < 4.78 is 40.5. The van der Waals surface area contributed by atoms with E-state index in [4.69, 9.17) is 13.7 Å². The molecule has 0 aromatic carbocycles. The van der Waals surface area contributed by atoms with Crippen LogP contribution in [-0.2, 0) is 19.3 Å². The highest BCUT2D eigenvalue weighted by Crippen LogP contribution is 2.36. The fourth-order valence-electron chi connectivity index (χ4n) is 1.02. The van der Waals surface area contributed by atoms with Crippen LogP contribution < -0.4 is 0 Å². The lowest BCUT2D eigenvalue weighted by Crippen LogP contribution is -2.41. The van der Waals surface area contributed by atoms with Gasteiger partial charge in [0.1, 0.15) is 0 Å². The van der Waals surface area contributed by atoms with Gasteiger partial charge in [-0.2, -0.15) is 8.42 Å². The summed E-state index contributed by atoms with van der Waals surface area (Å²) in [4.78, 5) is 0. The highest BCUT2D eigenvalue weighted by atomic mass is 32.2. The molecule has 7 heteroatoms. The van der Waals surface area contributed by atoms with Gasteiger partial charge in [0.25, 0.3) is 10.1 Å². The van der Waals surface area contributed by atoms with Crippen molar-refractivity contribution in [2.24, 2.45) is 0 Å². The van der Waals surface area contributed by atoms with E-state index in [0.29, 0.717) is 26.2 Å². The van der Waals surface area contributed by atoms with Crippen molar-refractivity contribution in [3.8, 4) is 0 Å². The lowest BCUT2D eigenvalue weighted by Gasteiger charge is -2.36. The minimum absolute atomic E-state index is 0.179. The van der Waals surface area contributed by atoms with E-state index in [-0.39, 0.29) is 10.8 Å². The second-order valence-corrected chi connectivity index (χ2v) is 12.2. The summed E-state index contributed by atoms with van der Waals surface area (Å²) >= 11 is 0. The van der Waals surface area contributed by atoms with Crippen LogP contribution in [0.1, 0.15) is 27.2 Å². The minimum Gasteiger partial charge on any atom is -0.414 e. The van der Waals surface area contributed by atoms with Crippen LogP contribution in [-0.4, -0.2) is 46.9 Å². The zero-order valence-electron chi connectivity index (χ0n) is 12.0. The van der Waals surface area contributed by atoms with Crippen LogP contribution >= 0.6 is 0 Å². The van der Waals surface area contributed by atoms with E-state index in [2.05, 4.69) is 33.9 Å². The predicted octanol–water partition coefficient (Wildman–Crippen LogP) is 2.30. The Bertz CT molecular complexity index is 332. The Kier molecular flexibility index (Phi) is 7.02. The van der Waals surface area contributed by atoms with Gasteiger partial charge in [-0.3, -0.25) is 4.55 Å². The quantitative estimate of drug-likeness (QED) is 0.423. The number of rotatable bonds is 8. The maximum absolute atomic E-state index is 10.4. The Labute approximate surface area is 112 Å². The van der Waals surface area contributed by atoms with E-state index in [9.17, 15) is 8.42 Å². The molecular formula is C11H26O5SSi. The monoisotopic (exact) mass is 298 g/mol. The molecule has 0 aliphatic carbocycles. The van der Waals surface area contributed by atoms with E-state index in [1.807, 2.05) is 0 Å². The minimum atomic E-state index is -3.86. The molecule has 0 heterocycles. The molecule has 0 unspecified atom stereocenters. The SMILES string of the molecule is CC(C)(C)[Si](C)(C)OCCOCCCS(=O)(=O)O. The summed E-state index contributed by atoms with van der Waals surface area (Å²) in [5.41, 5.74) is 0.